The van der Waals surface area contributed by atoms with E-state index in [2.05, 4.69) is 12.2 Å². The topological polar surface area (TPSA) is 64.6 Å². The lowest BCUT2D eigenvalue weighted by Gasteiger charge is -2.10. The van der Waals surface area contributed by atoms with Gasteiger partial charge in [-0.15, -0.1) is 11.3 Å². The number of benzene rings is 2. The van der Waals surface area contributed by atoms with Gasteiger partial charge >= 0.3 is 5.97 Å². The summed E-state index contributed by atoms with van der Waals surface area (Å²) in [6.07, 6.45) is 1.82. The highest BCUT2D eigenvalue weighted by Crippen LogP contribution is 2.36. The minimum atomic E-state index is -0.464. The Bertz CT molecular complexity index is 1040. The number of rotatable bonds is 9. The molecule has 0 radical (unpaired) electrons. The van der Waals surface area contributed by atoms with Gasteiger partial charge in [-0.25, -0.2) is 4.79 Å². The molecule has 5 nitrogen and oxygen atoms in total. The Balaban J connectivity index is 1.64. The van der Waals surface area contributed by atoms with Gasteiger partial charge in [0.1, 0.15) is 16.3 Å². The fourth-order valence-corrected chi connectivity index (χ4v) is 4.18. The lowest BCUT2D eigenvalue weighted by molar-refractivity contribution is -0.116. The molecule has 0 bridgehead atoms. The Morgan fingerprint density at radius 2 is 1.81 bits per heavy atom. The van der Waals surface area contributed by atoms with E-state index in [0.29, 0.717) is 30.0 Å². The second-order valence-electron chi connectivity index (χ2n) is 7.16. The van der Waals surface area contributed by atoms with Crippen molar-refractivity contribution in [2.45, 2.75) is 33.1 Å². The van der Waals surface area contributed by atoms with Crippen LogP contribution in [-0.2, 0) is 16.0 Å². The number of para-hydroxylation sites is 1. The Hall–Kier alpha value is -3.12. The molecule has 31 heavy (non-hydrogen) atoms. The van der Waals surface area contributed by atoms with Crippen molar-refractivity contribution in [2.24, 2.45) is 0 Å². The van der Waals surface area contributed by atoms with Crippen molar-refractivity contribution in [3.05, 3.63) is 70.6 Å². The Labute approximate surface area is 187 Å². The quantitative estimate of drug-likeness (QED) is 0.336. The molecule has 0 aliphatic rings. The standard InChI is InChI=1S/C25H27NO4S/c1-4-18-11-13-19(14-12-18)20-16-31-24(23(20)25(28)29-3)26-22(27)10-7-15-30-21-9-6-5-8-17(21)2/h5-6,8-9,11-14,16H,4,7,10,15H2,1-3H3,(H,26,27). The molecule has 2 aromatic carbocycles. The molecule has 0 aliphatic heterocycles. The van der Waals surface area contributed by atoms with Crippen LogP contribution in [0.25, 0.3) is 11.1 Å². The first-order chi connectivity index (χ1) is 15.0. The highest BCUT2D eigenvalue weighted by Gasteiger charge is 2.22. The fourth-order valence-electron chi connectivity index (χ4n) is 3.21. The maximum absolute atomic E-state index is 12.5. The van der Waals surface area contributed by atoms with Gasteiger partial charge in [-0.3, -0.25) is 4.79 Å². The maximum Gasteiger partial charge on any atom is 0.341 e. The number of thiophene rings is 1. The minimum Gasteiger partial charge on any atom is -0.493 e. The molecule has 162 valence electrons. The fraction of sp³-hybridized carbons (Fsp3) is 0.280. The van der Waals surface area contributed by atoms with E-state index in [1.807, 2.05) is 60.8 Å². The largest absolute Gasteiger partial charge is 0.493 e. The van der Waals surface area contributed by atoms with E-state index in [1.54, 1.807) is 0 Å². The molecular formula is C25H27NO4S. The van der Waals surface area contributed by atoms with Crippen LogP contribution in [0.4, 0.5) is 5.00 Å². The predicted molar refractivity (Wildman–Crippen MR) is 125 cm³/mol. The predicted octanol–water partition coefficient (Wildman–Crippen LogP) is 5.87. The van der Waals surface area contributed by atoms with E-state index in [9.17, 15) is 9.59 Å². The van der Waals surface area contributed by atoms with Crippen LogP contribution in [0.3, 0.4) is 0 Å². The van der Waals surface area contributed by atoms with Crippen LogP contribution >= 0.6 is 11.3 Å². The van der Waals surface area contributed by atoms with Gasteiger partial charge in [-0.2, -0.15) is 0 Å². The summed E-state index contributed by atoms with van der Waals surface area (Å²) >= 11 is 1.33. The molecular weight excluding hydrogens is 410 g/mol. The molecule has 1 N–H and O–H groups in total. The third-order valence-corrected chi connectivity index (χ3v) is 5.90. The van der Waals surface area contributed by atoms with Gasteiger partial charge in [0, 0.05) is 17.4 Å². The number of hydrogen-bond acceptors (Lipinski definition) is 5. The summed E-state index contributed by atoms with van der Waals surface area (Å²) in [5.74, 6) is 0.204. The van der Waals surface area contributed by atoms with Gasteiger partial charge in [0.05, 0.1) is 13.7 Å². The molecule has 1 aromatic heterocycles. The first kappa shape index (κ1) is 22.6. The Kier molecular flexibility index (Phi) is 7.84. The molecule has 6 heteroatoms. The zero-order valence-corrected chi connectivity index (χ0v) is 18.9. The minimum absolute atomic E-state index is 0.159. The van der Waals surface area contributed by atoms with E-state index in [-0.39, 0.29) is 5.91 Å². The molecule has 0 fully saturated rings. The van der Waals surface area contributed by atoms with Crippen LogP contribution in [0.5, 0.6) is 5.75 Å². The van der Waals surface area contributed by atoms with Gasteiger partial charge in [-0.1, -0.05) is 49.4 Å². The first-order valence-electron chi connectivity index (χ1n) is 10.3. The van der Waals surface area contributed by atoms with E-state index in [1.165, 1.54) is 24.0 Å². The number of amides is 1. The van der Waals surface area contributed by atoms with Gasteiger partial charge in [0.2, 0.25) is 5.91 Å². The number of aryl methyl sites for hydroxylation is 2. The first-order valence-corrected chi connectivity index (χ1v) is 11.2. The average molecular weight is 438 g/mol. The second-order valence-corrected chi connectivity index (χ2v) is 8.04. The lowest BCUT2D eigenvalue weighted by Crippen LogP contribution is -2.15. The van der Waals surface area contributed by atoms with Gasteiger partial charge < -0.3 is 14.8 Å². The van der Waals surface area contributed by atoms with Crippen LogP contribution in [0, 0.1) is 6.92 Å². The highest BCUT2D eigenvalue weighted by atomic mass is 32.1. The number of hydrogen-bond donors (Lipinski definition) is 1. The number of ether oxygens (including phenoxy) is 2. The van der Waals surface area contributed by atoms with Crippen molar-refractivity contribution >= 4 is 28.2 Å². The summed E-state index contributed by atoms with van der Waals surface area (Å²) in [6.45, 7) is 4.53. The van der Waals surface area contributed by atoms with Crippen LogP contribution < -0.4 is 10.1 Å². The lowest BCUT2D eigenvalue weighted by atomic mass is 10.0. The monoisotopic (exact) mass is 437 g/mol. The summed E-state index contributed by atoms with van der Waals surface area (Å²) in [5, 5.41) is 5.26. The number of methoxy groups -OCH3 is 1. The molecule has 3 aromatic rings. The number of carbonyl (C=O) groups excluding carboxylic acids is 2. The third-order valence-electron chi connectivity index (χ3n) is 5.01. The van der Waals surface area contributed by atoms with Crippen LogP contribution in [0.15, 0.2) is 53.9 Å². The third kappa shape index (κ3) is 5.73. The summed E-state index contributed by atoms with van der Waals surface area (Å²) in [5.41, 5.74) is 4.35. The molecule has 0 saturated carbocycles. The highest BCUT2D eigenvalue weighted by molar-refractivity contribution is 7.15. The Morgan fingerprint density at radius 1 is 1.06 bits per heavy atom. The molecule has 0 atom stereocenters. The Morgan fingerprint density at radius 3 is 2.48 bits per heavy atom. The van der Waals surface area contributed by atoms with Gasteiger partial charge in [0.15, 0.2) is 0 Å². The number of carbonyl (C=O) groups is 2. The molecule has 1 heterocycles. The molecule has 0 aliphatic carbocycles. The van der Waals surface area contributed by atoms with Crippen molar-refractivity contribution in [1.82, 2.24) is 0 Å². The van der Waals surface area contributed by atoms with E-state index < -0.39 is 5.97 Å². The van der Waals surface area contributed by atoms with E-state index in [4.69, 9.17) is 9.47 Å². The molecule has 0 spiro atoms. The van der Waals surface area contributed by atoms with Crippen molar-refractivity contribution in [3.63, 3.8) is 0 Å². The number of esters is 1. The number of nitrogens with one attached hydrogen (secondary N) is 1. The van der Waals surface area contributed by atoms with Crippen molar-refractivity contribution in [3.8, 4) is 16.9 Å². The maximum atomic E-state index is 12.5. The second kappa shape index (κ2) is 10.8. The van der Waals surface area contributed by atoms with Crippen molar-refractivity contribution < 1.29 is 19.1 Å². The normalized spacial score (nSPS) is 10.5. The summed E-state index contributed by atoms with van der Waals surface area (Å²) in [6, 6.07) is 15.8. The zero-order chi connectivity index (χ0) is 22.2. The number of anilines is 1. The van der Waals surface area contributed by atoms with E-state index in [0.717, 1.165) is 28.9 Å². The van der Waals surface area contributed by atoms with Crippen LogP contribution in [-0.4, -0.2) is 25.6 Å². The van der Waals surface area contributed by atoms with Gasteiger partial charge in [0.25, 0.3) is 0 Å². The summed E-state index contributed by atoms with van der Waals surface area (Å²) < 4.78 is 10.7. The zero-order valence-electron chi connectivity index (χ0n) is 18.1. The molecule has 1 amide bonds. The molecule has 0 unspecified atom stereocenters. The smallest absolute Gasteiger partial charge is 0.341 e. The van der Waals surface area contributed by atoms with Crippen molar-refractivity contribution in [1.29, 1.82) is 0 Å². The van der Waals surface area contributed by atoms with Crippen LogP contribution in [0.1, 0.15) is 41.3 Å². The van der Waals surface area contributed by atoms with Crippen molar-refractivity contribution in [2.75, 3.05) is 19.0 Å². The van der Waals surface area contributed by atoms with Crippen LogP contribution in [0.2, 0.25) is 0 Å². The summed E-state index contributed by atoms with van der Waals surface area (Å²) in [7, 11) is 1.35. The molecule has 3 rings (SSSR count). The summed E-state index contributed by atoms with van der Waals surface area (Å²) in [4.78, 5) is 24.9. The molecule has 0 saturated heterocycles. The average Bonchev–Trinajstić information content (AvgIpc) is 3.20. The SMILES string of the molecule is CCc1ccc(-c2csc(NC(=O)CCCOc3ccccc3C)c2C(=O)OC)cc1. The van der Waals surface area contributed by atoms with Gasteiger partial charge in [-0.05, 0) is 42.5 Å². The van der Waals surface area contributed by atoms with E-state index >= 15 is 0 Å².